The summed E-state index contributed by atoms with van der Waals surface area (Å²) in [6, 6.07) is 8.52. The minimum atomic E-state index is 0.343. The first kappa shape index (κ1) is 19.3. The number of ether oxygens (including phenoxy) is 1. The number of aliphatic imine (C=N–C) groups is 1. The van der Waals surface area contributed by atoms with Gasteiger partial charge in [-0.25, -0.2) is 4.99 Å². The molecule has 0 radical (unpaired) electrons. The minimum absolute atomic E-state index is 0.343. The molecule has 2 aliphatic heterocycles. The van der Waals surface area contributed by atoms with Crippen LogP contribution in [-0.2, 0) is 11.3 Å². The molecule has 5 nitrogen and oxygen atoms in total. The first-order valence-electron chi connectivity index (χ1n) is 9.91. The summed E-state index contributed by atoms with van der Waals surface area (Å²) in [4.78, 5) is 4.70. The molecule has 1 atom stereocenters. The number of nitrogens with zero attached hydrogens (tertiary/aromatic N) is 3. The van der Waals surface area contributed by atoms with E-state index in [-0.39, 0.29) is 0 Å². The average Bonchev–Trinajstić information content (AvgIpc) is 3.29. The Hall–Kier alpha value is -2.05. The summed E-state index contributed by atoms with van der Waals surface area (Å²) < 4.78 is 8.20. The zero-order valence-electron chi connectivity index (χ0n) is 17.1. The number of hydrazone groups is 1. The van der Waals surface area contributed by atoms with Crippen LogP contribution < -0.4 is 5.43 Å². The number of amidine groups is 1. The molecule has 1 saturated heterocycles. The maximum Gasteiger partial charge on any atom is 0.182 e. The van der Waals surface area contributed by atoms with Gasteiger partial charge in [0.25, 0.3) is 0 Å². The first-order valence-corrected chi connectivity index (χ1v) is 10.9. The second-order valence-electron chi connectivity index (χ2n) is 7.67. The molecule has 0 amide bonds. The maximum atomic E-state index is 5.82. The van der Waals surface area contributed by atoms with Crippen LogP contribution in [0.15, 0.2) is 34.4 Å². The van der Waals surface area contributed by atoms with Crippen molar-refractivity contribution in [2.24, 2.45) is 10.1 Å². The summed E-state index contributed by atoms with van der Waals surface area (Å²) in [5.41, 5.74) is 11.5. The summed E-state index contributed by atoms with van der Waals surface area (Å²) in [7, 11) is 0. The van der Waals surface area contributed by atoms with E-state index in [2.05, 4.69) is 67.1 Å². The van der Waals surface area contributed by atoms with Gasteiger partial charge in [-0.1, -0.05) is 17.8 Å². The normalized spacial score (nSPS) is 21.1. The van der Waals surface area contributed by atoms with E-state index in [0.29, 0.717) is 6.10 Å². The third-order valence-corrected chi connectivity index (χ3v) is 6.52. The van der Waals surface area contributed by atoms with Crippen LogP contribution in [0.1, 0.15) is 40.9 Å². The zero-order valence-corrected chi connectivity index (χ0v) is 17.9. The van der Waals surface area contributed by atoms with Crippen LogP contribution in [0.3, 0.4) is 0 Å². The van der Waals surface area contributed by atoms with Crippen LogP contribution in [0.25, 0.3) is 0 Å². The zero-order chi connectivity index (χ0) is 19.7. The van der Waals surface area contributed by atoms with Gasteiger partial charge in [0, 0.05) is 35.9 Å². The average molecular weight is 397 g/mol. The number of rotatable bonds is 4. The van der Waals surface area contributed by atoms with Gasteiger partial charge < -0.3 is 9.30 Å². The highest BCUT2D eigenvalue weighted by molar-refractivity contribution is 8.14. The second kappa shape index (κ2) is 8.13. The van der Waals surface area contributed by atoms with Crippen LogP contribution in [-0.4, -0.2) is 33.9 Å². The largest absolute Gasteiger partial charge is 0.376 e. The number of benzene rings is 1. The summed E-state index contributed by atoms with van der Waals surface area (Å²) in [6.45, 7) is 10.4. The summed E-state index contributed by atoms with van der Waals surface area (Å²) in [5.74, 6) is 0.820. The SMILES string of the molecule is Cc1ccc(N=C2NN=C(c3cc(C)n(CC4CCCO4)c3C)CS2)cc1C. The monoisotopic (exact) mass is 396 g/mol. The molecular formula is C22H28N4OS. The molecule has 28 heavy (non-hydrogen) atoms. The van der Waals surface area contributed by atoms with E-state index >= 15 is 0 Å². The smallest absolute Gasteiger partial charge is 0.182 e. The molecule has 6 heteroatoms. The Morgan fingerprint density at radius 3 is 2.75 bits per heavy atom. The van der Waals surface area contributed by atoms with Crippen molar-refractivity contribution in [1.29, 1.82) is 0 Å². The molecule has 2 aromatic rings. The highest BCUT2D eigenvalue weighted by Crippen LogP contribution is 2.24. The lowest BCUT2D eigenvalue weighted by molar-refractivity contribution is 0.0962. The molecule has 1 aromatic carbocycles. The number of hydrogen-bond donors (Lipinski definition) is 1. The summed E-state index contributed by atoms with van der Waals surface area (Å²) in [5, 5.41) is 5.48. The van der Waals surface area contributed by atoms with Gasteiger partial charge in [-0.3, -0.25) is 5.43 Å². The van der Waals surface area contributed by atoms with Crippen molar-refractivity contribution in [1.82, 2.24) is 9.99 Å². The summed E-state index contributed by atoms with van der Waals surface area (Å²) >= 11 is 1.70. The van der Waals surface area contributed by atoms with Crippen LogP contribution in [0, 0.1) is 27.7 Å². The Labute approximate surface area is 171 Å². The van der Waals surface area contributed by atoms with E-state index in [9.17, 15) is 0 Å². The molecule has 0 saturated carbocycles. The molecule has 0 spiro atoms. The lowest BCUT2D eigenvalue weighted by Gasteiger charge is -2.17. The van der Waals surface area contributed by atoms with Crippen molar-refractivity contribution < 1.29 is 4.74 Å². The topological polar surface area (TPSA) is 50.9 Å². The Morgan fingerprint density at radius 1 is 1.21 bits per heavy atom. The van der Waals surface area contributed by atoms with Gasteiger partial charge in [0.15, 0.2) is 5.17 Å². The Bertz CT molecular complexity index is 938. The number of aryl methyl sites for hydroxylation is 3. The molecule has 3 heterocycles. The van der Waals surface area contributed by atoms with Gasteiger partial charge in [-0.15, -0.1) is 0 Å². The van der Waals surface area contributed by atoms with Gasteiger partial charge >= 0.3 is 0 Å². The maximum absolute atomic E-state index is 5.82. The van der Waals surface area contributed by atoms with E-state index in [4.69, 9.17) is 9.73 Å². The highest BCUT2D eigenvalue weighted by atomic mass is 32.2. The molecular weight excluding hydrogens is 368 g/mol. The second-order valence-corrected chi connectivity index (χ2v) is 8.64. The van der Waals surface area contributed by atoms with Crippen molar-refractivity contribution in [3.05, 3.63) is 52.3 Å². The predicted octanol–water partition coefficient (Wildman–Crippen LogP) is 4.63. The van der Waals surface area contributed by atoms with Crippen LogP contribution >= 0.6 is 11.8 Å². The molecule has 1 N–H and O–H groups in total. The highest BCUT2D eigenvalue weighted by Gasteiger charge is 2.22. The fourth-order valence-electron chi connectivity index (χ4n) is 3.79. The third-order valence-electron chi connectivity index (χ3n) is 5.65. The van der Waals surface area contributed by atoms with Crippen LogP contribution in [0.4, 0.5) is 5.69 Å². The number of nitrogens with one attached hydrogen (secondary N) is 1. The van der Waals surface area contributed by atoms with E-state index in [1.807, 2.05) is 0 Å². The number of thioether (sulfide) groups is 1. The van der Waals surface area contributed by atoms with Gasteiger partial charge in [0.2, 0.25) is 0 Å². The van der Waals surface area contributed by atoms with Gasteiger partial charge in [-0.2, -0.15) is 5.10 Å². The van der Waals surface area contributed by atoms with E-state index < -0.39 is 0 Å². The van der Waals surface area contributed by atoms with Gasteiger partial charge in [-0.05, 0) is 69.9 Å². The molecule has 1 unspecified atom stereocenters. The molecule has 1 aromatic heterocycles. The Morgan fingerprint density at radius 2 is 2.07 bits per heavy atom. The predicted molar refractivity (Wildman–Crippen MR) is 118 cm³/mol. The molecule has 148 valence electrons. The lowest BCUT2D eigenvalue weighted by Crippen LogP contribution is -2.25. The number of aromatic nitrogens is 1. The third kappa shape index (κ3) is 4.03. The van der Waals surface area contributed by atoms with Crippen LogP contribution in [0.2, 0.25) is 0 Å². The van der Waals surface area contributed by atoms with Crippen LogP contribution in [0.5, 0.6) is 0 Å². The van der Waals surface area contributed by atoms with E-state index in [1.54, 1.807) is 11.8 Å². The molecule has 0 bridgehead atoms. The standard InChI is InChI=1S/C22H28N4OS/c1-14-7-8-18(10-15(14)2)23-22-25-24-21(13-28-22)20-11-16(3)26(17(20)4)12-19-6-5-9-27-19/h7-8,10-11,19H,5-6,9,12-13H2,1-4H3,(H,23,25). The van der Waals surface area contributed by atoms with Gasteiger partial charge in [0.1, 0.15) is 0 Å². The minimum Gasteiger partial charge on any atom is -0.376 e. The first-order chi connectivity index (χ1) is 13.5. The molecule has 0 aliphatic carbocycles. The van der Waals surface area contributed by atoms with E-state index in [0.717, 1.165) is 41.9 Å². The molecule has 1 fully saturated rings. The quantitative estimate of drug-likeness (QED) is 0.820. The summed E-state index contributed by atoms with van der Waals surface area (Å²) in [6.07, 6.45) is 2.67. The van der Waals surface area contributed by atoms with Crippen molar-refractivity contribution >= 4 is 28.3 Å². The van der Waals surface area contributed by atoms with E-state index in [1.165, 1.54) is 34.5 Å². The van der Waals surface area contributed by atoms with Crippen molar-refractivity contribution in [2.45, 2.75) is 53.2 Å². The van der Waals surface area contributed by atoms with Crippen molar-refractivity contribution in [3.8, 4) is 0 Å². The lowest BCUT2D eigenvalue weighted by atomic mass is 10.1. The molecule has 4 rings (SSSR count). The Kier molecular flexibility index (Phi) is 5.60. The van der Waals surface area contributed by atoms with Crippen molar-refractivity contribution in [3.63, 3.8) is 0 Å². The Balaban J connectivity index is 1.50. The van der Waals surface area contributed by atoms with Crippen molar-refractivity contribution in [2.75, 3.05) is 12.4 Å². The fraction of sp³-hybridized carbons (Fsp3) is 0.455. The number of hydrogen-bond acceptors (Lipinski definition) is 4. The van der Waals surface area contributed by atoms with Gasteiger partial charge in [0.05, 0.1) is 17.5 Å². The molecule has 2 aliphatic rings. The fourth-order valence-corrected chi connectivity index (χ4v) is 4.56.